The highest BCUT2D eigenvalue weighted by Crippen LogP contribution is 2.30. The summed E-state index contributed by atoms with van der Waals surface area (Å²) in [4.78, 5) is 14.4. The SMILES string of the molecule is CC(C)Oc1cc(-n2ccnc2)ccc1[N+](=O)[O-]. The molecule has 0 spiro atoms. The zero-order valence-corrected chi connectivity index (χ0v) is 10.1. The first-order valence-corrected chi connectivity index (χ1v) is 5.51. The van der Waals surface area contributed by atoms with Gasteiger partial charge in [-0.3, -0.25) is 10.1 Å². The summed E-state index contributed by atoms with van der Waals surface area (Å²) in [5.74, 6) is 0.265. The molecule has 94 valence electrons. The third-order valence-corrected chi connectivity index (χ3v) is 2.31. The molecule has 0 aliphatic carbocycles. The van der Waals surface area contributed by atoms with Crippen molar-refractivity contribution in [3.8, 4) is 11.4 Å². The number of hydrogen-bond donors (Lipinski definition) is 0. The number of hydrogen-bond acceptors (Lipinski definition) is 4. The topological polar surface area (TPSA) is 70.2 Å². The summed E-state index contributed by atoms with van der Waals surface area (Å²) in [6, 6.07) is 4.74. The van der Waals surface area contributed by atoms with E-state index >= 15 is 0 Å². The van der Waals surface area contributed by atoms with Crippen LogP contribution in [0.3, 0.4) is 0 Å². The number of nitro groups is 1. The van der Waals surface area contributed by atoms with Gasteiger partial charge in [0.1, 0.15) is 0 Å². The van der Waals surface area contributed by atoms with Gasteiger partial charge >= 0.3 is 5.69 Å². The van der Waals surface area contributed by atoms with Crippen LogP contribution in [0.2, 0.25) is 0 Å². The predicted octanol–water partition coefficient (Wildman–Crippen LogP) is 2.57. The molecule has 0 radical (unpaired) electrons. The minimum absolute atomic E-state index is 0.0347. The molecular weight excluding hydrogens is 234 g/mol. The Kier molecular flexibility index (Phi) is 3.27. The van der Waals surface area contributed by atoms with Crippen molar-refractivity contribution in [3.05, 3.63) is 47.0 Å². The Bertz CT molecular complexity index is 550. The van der Waals surface area contributed by atoms with Crippen LogP contribution < -0.4 is 4.74 Å². The van der Waals surface area contributed by atoms with Gasteiger partial charge in [0.2, 0.25) is 0 Å². The normalized spacial score (nSPS) is 10.6. The molecule has 1 heterocycles. The van der Waals surface area contributed by atoms with Crippen LogP contribution in [0.5, 0.6) is 5.75 Å². The summed E-state index contributed by atoms with van der Waals surface area (Å²) < 4.78 is 7.23. The maximum atomic E-state index is 10.9. The maximum absolute atomic E-state index is 10.9. The summed E-state index contributed by atoms with van der Waals surface area (Å²) in [6.07, 6.45) is 4.91. The molecule has 0 N–H and O–H groups in total. The fourth-order valence-electron chi connectivity index (χ4n) is 1.57. The lowest BCUT2D eigenvalue weighted by atomic mass is 10.2. The van der Waals surface area contributed by atoms with Gasteiger partial charge in [-0.05, 0) is 19.9 Å². The minimum Gasteiger partial charge on any atom is -0.484 e. The molecule has 0 saturated heterocycles. The lowest BCUT2D eigenvalue weighted by molar-refractivity contribution is -0.386. The average Bonchev–Trinajstić information content (AvgIpc) is 2.81. The standard InChI is InChI=1S/C12H13N3O3/c1-9(2)18-12-7-10(14-6-5-13-8-14)3-4-11(12)15(16)17/h3-9H,1-2H3. The molecule has 2 aromatic rings. The Labute approximate surface area is 104 Å². The highest BCUT2D eigenvalue weighted by atomic mass is 16.6. The zero-order valence-electron chi connectivity index (χ0n) is 10.1. The number of benzene rings is 1. The summed E-state index contributed by atoms with van der Waals surface area (Å²) >= 11 is 0. The van der Waals surface area contributed by atoms with Crippen LogP contribution in [0.15, 0.2) is 36.9 Å². The first kappa shape index (κ1) is 12.1. The highest BCUT2D eigenvalue weighted by molar-refractivity contribution is 5.53. The number of imidazole rings is 1. The van der Waals surface area contributed by atoms with Crippen molar-refractivity contribution in [2.24, 2.45) is 0 Å². The second-order valence-electron chi connectivity index (χ2n) is 4.05. The second-order valence-corrected chi connectivity index (χ2v) is 4.05. The molecule has 2 rings (SSSR count). The van der Waals surface area contributed by atoms with Gasteiger partial charge in [-0.2, -0.15) is 0 Å². The van der Waals surface area contributed by atoms with Crippen molar-refractivity contribution in [1.82, 2.24) is 9.55 Å². The monoisotopic (exact) mass is 247 g/mol. The van der Waals surface area contributed by atoms with Gasteiger partial charge in [-0.15, -0.1) is 0 Å². The van der Waals surface area contributed by atoms with Gasteiger partial charge in [0.05, 0.1) is 23.0 Å². The van der Waals surface area contributed by atoms with E-state index in [0.717, 1.165) is 5.69 Å². The number of nitro benzene ring substituents is 1. The molecular formula is C12H13N3O3. The first-order chi connectivity index (χ1) is 8.58. The number of nitrogens with zero attached hydrogens (tertiary/aromatic N) is 3. The molecule has 0 unspecified atom stereocenters. The van der Waals surface area contributed by atoms with E-state index in [9.17, 15) is 10.1 Å². The summed E-state index contributed by atoms with van der Waals surface area (Å²) in [6.45, 7) is 3.65. The number of aromatic nitrogens is 2. The first-order valence-electron chi connectivity index (χ1n) is 5.51. The Hall–Kier alpha value is -2.37. The summed E-state index contributed by atoms with van der Waals surface area (Å²) in [5.41, 5.74) is 0.737. The van der Waals surface area contributed by atoms with Crippen LogP contribution in [0.4, 0.5) is 5.69 Å². The van der Waals surface area contributed by atoms with E-state index in [-0.39, 0.29) is 17.5 Å². The Morgan fingerprint density at radius 1 is 1.44 bits per heavy atom. The van der Waals surface area contributed by atoms with E-state index in [4.69, 9.17) is 4.74 Å². The molecule has 0 amide bonds. The van der Waals surface area contributed by atoms with Crippen molar-refractivity contribution < 1.29 is 9.66 Å². The molecule has 1 aromatic heterocycles. The van der Waals surface area contributed by atoms with E-state index in [1.165, 1.54) is 6.07 Å². The van der Waals surface area contributed by atoms with Crippen LogP contribution in [-0.2, 0) is 0 Å². The average molecular weight is 247 g/mol. The molecule has 0 fully saturated rings. The predicted molar refractivity (Wildman–Crippen MR) is 66.0 cm³/mol. The van der Waals surface area contributed by atoms with Gasteiger partial charge in [0.15, 0.2) is 5.75 Å². The maximum Gasteiger partial charge on any atom is 0.311 e. The van der Waals surface area contributed by atoms with Gasteiger partial charge in [0.25, 0.3) is 0 Å². The van der Waals surface area contributed by atoms with Crippen LogP contribution >= 0.6 is 0 Å². The van der Waals surface area contributed by atoms with Crippen molar-refractivity contribution >= 4 is 5.69 Å². The van der Waals surface area contributed by atoms with Crippen LogP contribution in [0, 0.1) is 10.1 Å². The molecule has 0 aliphatic rings. The fraction of sp³-hybridized carbons (Fsp3) is 0.250. The van der Waals surface area contributed by atoms with Crippen molar-refractivity contribution in [1.29, 1.82) is 0 Å². The number of ether oxygens (including phenoxy) is 1. The van der Waals surface area contributed by atoms with Crippen LogP contribution in [-0.4, -0.2) is 20.6 Å². The lowest BCUT2D eigenvalue weighted by Crippen LogP contribution is -2.08. The van der Waals surface area contributed by atoms with E-state index in [2.05, 4.69) is 4.98 Å². The lowest BCUT2D eigenvalue weighted by Gasteiger charge is -2.11. The largest absolute Gasteiger partial charge is 0.484 e. The van der Waals surface area contributed by atoms with Crippen molar-refractivity contribution in [3.63, 3.8) is 0 Å². The summed E-state index contributed by atoms with van der Waals surface area (Å²) in [5, 5.41) is 10.9. The molecule has 6 nitrogen and oxygen atoms in total. The van der Waals surface area contributed by atoms with Gasteiger partial charge in [-0.25, -0.2) is 4.98 Å². The second kappa shape index (κ2) is 4.87. The van der Waals surface area contributed by atoms with Gasteiger partial charge in [-0.1, -0.05) is 0 Å². The summed E-state index contributed by atoms with van der Waals surface area (Å²) in [7, 11) is 0. The smallest absolute Gasteiger partial charge is 0.311 e. The molecule has 0 saturated carbocycles. The zero-order chi connectivity index (χ0) is 13.1. The van der Waals surface area contributed by atoms with Crippen LogP contribution in [0.1, 0.15) is 13.8 Å². The molecule has 0 atom stereocenters. The van der Waals surface area contributed by atoms with Crippen molar-refractivity contribution in [2.75, 3.05) is 0 Å². The Morgan fingerprint density at radius 3 is 2.78 bits per heavy atom. The molecule has 1 aromatic carbocycles. The quantitative estimate of drug-likeness (QED) is 0.615. The molecule has 18 heavy (non-hydrogen) atoms. The minimum atomic E-state index is -0.449. The van der Waals surface area contributed by atoms with E-state index in [1.54, 1.807) is 35.4 Å². The molecule has 6 heteroatoms. The Balaban J connectivity index is 2.45. The highest BCUT2D eigenvalue weighted by Gasteiger charge is 2.17. The van der Waals surface area contributed by atoms with E-state index < -0.39 is 4.92 Å². The van der Waals surface area contributed by atoms with Crippen molar-refractivity contribution in [2.45, 2.75) is 20.0 Å². The number of rotatable bonds is 4. The fourth-order valence-corrected chi connectivity index (χ4v) is 1.57. The van der Waals surface area contributed by atoms with Crippen LogP contribution in [0.25, 0.3) is 5.69 Å². The van der Waals surface area contributed by atoms with E-state index in [0.29, 0.717) is 0 Å². The third-order valence-electron chi connectivity index (χ3n) is 2.31. The van der Waals surface area contributed by atoms with Gasteiger partial charge in [0, 0.05) is 24.5 Å². The Morgan fingerprint density at radius 2 is 2.22 bits per heavy atom. The molecule has 0 bridgehead atoms. The van der Waals surface area contributed by atoms with Gasteiger partial charge < -0.3 is 9.30 Å². The van der Waals surface area contributed by atoms with E-state index in [1.807, 2.05) is 13.8 Å². The molecule has 0 aliphatic heterocycles. The third kappa shape index (κ3) is 2.48.